The highest BCUT2D eigenvalue weighted by Crippen LogP contribution is 2.44. The van der Waals surface area contributed by atoms with E-state index in [1.165, 1.54) is 12.8 Å². The van der Waals surface area contributed by atoms with Crippen molar-refractivity contribution in [3.8, 4) is 5.75 Å². The van der Waals surface area contributed by atoms with Crippen molar-refractivity contribution in [2.75, 3.05) is 11.9 Å². The molecule has 5 rings (SSSR count). The number of aromatic nitrogens is 4. The zero-order chi connectivity index (χ0) is 30.4. The van der Waals surface area contributed by atoms with Crippen LogP contribution in [0, 0.1) is 11.3 Å². The highest BCUT2D eigenvalue weighted by atomic mass is 16.5. The predicted octanol–water partition coefficient (Wildman–Crippen LogP) is 6.68. The number of tetrazole rings is 1. The van der Waals surface area contributed by atoms with Crippen molar-refractivity contribution >= 4 is 17.8 Å². The quantitative estimate of drug-likeness (QED) is 0.242. The molecule has 2 N–H and O–H groups in total. The van der Waals surface area contributed by atoms with Crippen LogP contribution in [0.4, 0.5) is 5.95 Å². The Morgan fingerprint density at radius 1 is 1.02 bits per heavy atom. The molecule has 1 fully saturated rings. The van der Waals surface area contributed by atoms with E-state index in [0.717, 1.165) is 74.0 Å². The fourth-order valence-electron chi connectivity index (χ4n) is 6.78. The standard InChI is InChI=1S/C34H46N6O3/c1-5-6-7-20-43-28-16-8-23(9-17-28)21-31(41)40(27-14-12-26(13-15-27)34(2,3)4)30-19-11-24-22-25(10-18-29(24)30)32(42)35-33-36-38-39-37-33/h8-10,16-18,22,26-27,30H,5-7,11-15,19-21H2,1-4H3,(H2,35,36,37,38,39,42). The molecule has 1 saturated carbocycles. The minimum absolute atomic E-state index is 0.00850. The molecular weight excluding hydrogens is 540 g/mol. The Morgan fingerprint density at radius 2 is 1.79 bits per heavy atom. The number of nitrogens with one attached hydrogen (secondary N) is 2. The van der Waals surface area contributed by atoms with E-state index in [0.29, 0.717) is 17.9 Å². The SMILES string of the molecule is CCCCCOc1ccc(CC(=O)N(C2CCC(C(C)(C)C)CC2)C2CCc3cc(C(=O)Nc4nn[nH]n4)ccc32)cc1. The molecule has 9 heteroatoms. The molecule has 1 aromatic heterocycles. The number of carbonyl (C=O) groups excluding carboxylic acids is 2. The third-order valence-corrected chi connectivity index (χ3v) is 9.26. The van der Waals surface area contributed by atoms with Crippen LogP contribution in [0.15, 0.2) is 42.5 Å². The number of fused-ring (bicyclic) bond motifs is 1. The van der Waals surface area contributed by atoms with Gasteiger partial charge in [0.05, 0.1) is 19.1 Å². The molecule has 230 valence electrons. The van der Waals surface area contributed by atoms with Crippen molar-refractivity contribution in [3.05, 3.63) is 64.7 Å². The van der Waals surface area contributed by atoms with Gasteiger partial charge in [-0.1, -0.05) is 63.8 Å². The fourth-order valence-corrected chi connectivity index (χ4v) is 6.78. The number of aromatic amines is 1. The summed E-state index contributed by atoms with van der Waals surface area (Å²) in [7, 11) is 0. The van der Waals surface area contributed by atoms with E-state index >= 15 is 0 Å². The predicted molar refractivity (Wildman–Crippen MR) is 167 cm³/mol. The molecule has 43 heavy (non-hydrogen) atoms. The zero-order valence-electron chi connectivity index (χ0n) is 26.1. The highest BCUT2D eigenvalue weighted by Gasteiger charge is 2.39. The van der Waals surface area contributed by atoms with Crippen LogP contribution >= 0.6 is 0 Å². The first-order valence-corrected chi connectivity index (χ1v) is 15.9. The smallest absolute Gasteiger partial charge is 0.270 e. The van der Waals surface area contributed by atoms with Crippen LogP contribution in [0.5, 0.6) is 5.75 Å². The van der Waals surface area contributed by atoms with Crippen molar-refractivity contribution in [2.24, 2.45) is 11.3 Å². The Balaban J connectivity index is 1.32. The third kappa shape index (κ3) is 7.61. The molecule has 0 saturated heterocycles. The fraction of sp³-hybridized carbons (Fsp3) is 0.559. The number of carbonyl (C=O) groups is 2. The van der Waals surface area contributed by atoms with Gasteiger partial charge in [-0.25, -0.2) is 0 Å². The van der Waals surface area contributed by atoms with Crippen molar-refractivity contribution < 1.29 is 14.3 Å². The normalized spacial score (nSPS) is 20.0. The van der Waals surface area contributed by atoms with Gasteiger partial charge in [0.1, 0.15) is 5.75 Å². The average molecular weight is 587 g/mol. The monoisotopic (exact) mass is 586 g/mol. The summed E-state index contributed by atoms with van der Waals surface area (Å²) in [6, 6.07) is 14.1. The van der Waals surface area contributed by atoms with E-state index in [4.69, 9.17) is 4.74 Å². The molecule has 0 spiro atoms. The van der Waals surface area contributed by atoms with Gasteiger partial charge in [0.25, 0.3) is 11.9 Å². The first-order chi connectivity index (χ1) is 20.7. The largest absolute Gasteiger partial charge is 0.494 e. The minimum Gasteiger partial charge on any atom is -0.494 e. The Bertz CT molecular complexity index is 1360. The van der Waals surface area contributed by atoms with Crippen LogP contribution < -0.4 is 10.1 Å². The average Bonchev–Trinajstić information content (AvgIpc) is 3.66. The number of anilines is 1. The molecule has 1 atom stereocenters. The number of nitrogens with zero attached hydrogens (tertiary/aromatic N) is 4. The molecule has 0 radical (unpaired) electrons. The number of hydrogen-bond donors (Lipinski definition) is 2. The van der Waals surface area contributed by atoms with E-state index in [9.17, 15) is 9.59 Å². The van der Waals surface area contributed by atoms with Gasteiger partial charge in [0.2, 0.25) is 5.91 Å². The Morgan fingerprint density at radius 3 is 2.47 bits per heavy atom. The van der Waals surface area contributed by atoms with Crippen LogP contribution in [0.1, 0.15) is 112 Å². The van der Waals surface area contributed by atoms with Crippen LogP contribution in [-0.2, 0) is 17.6 Å². The molecule has 2 amide bonds. The van der Waals surface area contributed by atoms with E-state index in [1.54, 1.807) is 0 Å². The van der Waals surface area contributed by atoms with Gasteiger partial charge in [0, 0.05) is 11.6 Å². The lowest BCUT2D eigenvalue weighted by Gasteiger charge is -2.43. The molecule has 1 unspecified atom stereocenters. The summed E-state index contributed by atoms with van der Waals surface area (Å²) < 4.78 is 5.89. The summed E-state index contributed by atoms with van der Waals surface area (Å²) in [5.41, 5.74) is 4.10. The first kappa shape index (κ1) is 30.7. The van der Waals surface area contributed by atoms with Crippen molar-refractivity contribution in [2.45, 2.75) is 104 Å². The third-order valence-electron chi connectivity index (χ3n) is 9.26. The van der Waals surface area contributed by atoms with Gasteiger partial charge in [-0.3, -0.25) is 14.9 Å². The molecular formula is C34H46N6O3. The Hall–Kier alpha value is -3.75. The maximum Gasteiger partial charge on any atom is 0.270 e. The summed E-state index contributed by atoms with van der Waals surface area (Å²) in [6.45, 7) is 9.90. The highest BCUT2D eigenvalue weighted by molar-refractivity contribution is 6.03. The Kier molecular flexibility index (Phi) is 9.78. The molecule has 0 bridgehead atoms. The molecule has 1 heterocycles. The van der Waals surface area contributed by atoms with Gasteiger partial charge in [-0.2, -0.15) is 5.21 Å². The summed E-state index contributed by atoms with van der Waals surface area (Å²) in [5, 5.41) is 16.1. The lowest BCUT2D eigenvalue weighted by atomic mass is 9.71. The zero-order valence-corrected chi connectivity index (χ0v) is 26.1. The lowest BCUT2D eigenvalue weighted by molar-refractivity contribution is -0.137. The van der Waals surface area contributed by atoms with Gasteiger partial charge in [-0.15, -0.1) is 5.10 Å². The molecule has 2 aromatic carbocycles. The van der Waals surface area contributed by atoms with E-state index in [-0.39, 0.29) is 35.3 Å². The summed E-state index contributed by atoms with van der Waals surface area (Å²) >= 11 is 0. The van der Waals surface area contributed by atoms with E-state index in [2.05, 4.69) is 58.5 Å². The first-order valence-electron chi connectivity index (χ1n) is 15.9. The second-order valence-corrected chi connectivity index (χ2v) is 13.2. The van der Waals surface area contributed by atoms with Gasteiger partial charge in [0.15, 0.2) is 0 Å². The minimum atomic E-state index is -0.279. The number of unbranched alkanes of at least 4 members (excludes halogenated alkanes) is 2. The topological polar surface area (TPSA) is 113 Å². The van der Waals surface area contributed by atoms with Crippen molar-refractivity contribution in [1.82, 2.24) is 25.5 Å². The van der Waals surface area contributed by atoms with E-state index in [1.807, 2.05) is 42.5 Å². The summed E-state index contributed by atoms with van der Waals surface area (Å²) in [5.74, 6) is 1.56. The number of benzene rings is 2. The maximum atomic E-state index is 14.2. The van der Waals surface area contributed by atoms with E-state index < -0.39 is 0 Å². The molecule has 3 aromatic rings. The lowest BCUT2D eigenvalue weighted by Crippen LogP contribution is -2.45. The summed E-state index contributed by atoms with van der Waals surface area (Å²) in [4.78, 5) is 29.2. The van der Waals surface area contributed by atoms with Crippen LogP contribution in [-0.4, -0.2) is 50.0 Å². The summed E-state index contributed by atoms with van der Waals surface area (Å²) in [6.07, 6.45) is 9.76. The van der Waals surface area contributed by atoms with Crippen molar-refractivity contribution in [3.63, 3.8) is 0 Å². The number of ether oxygens (including phenoxy) is 1. The molecule has 2 aliphatic rings. The number of H-pyrrole nitrogens is 1. The molecule has 0 aliphatic heterocycles. The van der Waals surface area contributed by atoms with Gasteiger partial charge in [-0.05, 0) is 102 Å². The van der Waals surface area contributed by atoms with Gasteiger partial charge < -0.3 is 9.64 Å². The number of rotatable bonds is 11. The van der Waals surface area contributed by atoms with Crippen LogP contribution in [0.25, 0.3) is 0 Å². The van der Waals surface area contributed by atoms with Gasteiger partial charge >= 0.3 is 0 Å². The number of hydrogen-bond acceptors (Lipinski definition) is 6. The van der Waals surface area contributed by atoms with Crippen molar-refractivity contribution in [1.29, 1.82) is 0 Å². The maximum absolute atomic E-state index is 14.2. The number of amides is 2. The molecule has 2 aliphatic carbocycles. The second kappa shape index (κ2) is 13.7. The number of aryl methyl sites for hydroxylation is 1. The molecule has 9 nitrogen and oxygen atoms in total. The Labute approximate surface area is 255 Å². The van der Waals surface area contributed by atoms with Crippen LogP contribution in [0.2, 0.25) is 0 Å². The van der Waals surface area contributed by atoms with Crippen LogP contribution in [0.3, 0.4) is 0 Å². The second-order valence-electron chi connectivity index (χ2n) is 13.2.